The molecule has 1 N–H and O–H groups in total. The van der Waals surface area contributed by atoms with Crippen LogP contribution in [0.1, 0.15) is 10.4 Å². The Bertz CT molecular complexity index is 425. The first-order valence-corrected chi connectivity index (χ1v) is 6.55. The van der Waals surface area contributed by atoms with E-state index >= 15 is 0 Å². The summed E-state index contributed by atoms with van der Waals surface area (Å²) in [7, 11) is 4.73. The Morgan fingerprint density at radius 2 is 2.11 bits per heavy atom. The van der Waals surface area contributed by atoms with Crippen molar-refractivity contribution in [3.8, 4) is 5.75 Å². The van der Waals surface area contributed by atoms with Gasteiger partial charge in [0.15, 0.2) is 0 Å². The monoisotopic (exact) mass is 331 g/mol. The van der Waals surface area contributed by atoms with Crippen LogP contribution in [0.2, 0.25) is 0 Å². The minimum Gasteiger partial charge on any atom is -0.497 e. The Kier molecular flexibility index (Phi) is 6.83. The predicted molar refractivity (Wildman–Crippen MR) is 75.7 cm³/mol. The van der Waals surface area contributed by atoms with E-state index in [2.05, 4.69) is 21.2 Å². The molecule has 0 aliphatic carbocycles. The molecule has 0 fully saturated rings. The minimum absolute atomic E-state index is 0.168. The molecule has 1 atom stereocenters. The number of nitrogens with one attached hydrogen (secondary N) is 1. The fourth-order valence-electron chi connectivity index (χ4n) is 1.50. The van der Waals surface area contributed by atoms with Gasteiger partial charge in [-0.25, -0.2) is 0 Å². The Hall–Kier alpha value is -1.11. The van der Waals surface area contributed by atoms with E-state index in [1.54, 1.807) is 39.5 Å². The van der Waals surface area contributed by atoms with Gasteiger partial charge < -0.3 is 19.5 Å². The van der Waals surface area contributed by atoms with E-state index in [0.29, 0.717) is 28.9 Å². The summed E-state index contributed by atoms with van der Waals surface area (Å²) in [6.07, 6.45) is -0.168. The number of hydrogen-bond donors (Lipinski definition) is 1. The maximum Gasteiger partial charge on any atom is 0.252 e. The molecule has 6 heteroatoms. The summed E-state index contributed by atoms with van der Waals surface area (Å²) in [6, 6.07) is 5.23. The number of ether oxygens (including phenoxy) is 3. The number of amides is 1. The zero-order chi connectivity index (χ0) is 14.3. The molecule has 0 saturated carbocycles. The van der Waals surface area contributed by atoms with Gasteiger partial charge in [-0.15, -0.1) is 0 Å². The number of benzene rings is 1. The molecule has 19 heavy (non-hydrogen) atoms. The first-order chi connectivity index (χ1) is 9.12. The topological polar surface area (TPSA) is 56.8 Å². The fourth-order valence-corrected chi connectivity index (χ4v) is 1.93. The second-order valence-electron chi connectivity index (χ2n) is 3.87. The number of hydrogen-bond acceptors (Lipinski definition) is 4. The van der Waals surface area contributed by atoms with Crippen molar-refractivity contribution in [3.05, 3.63) is 28.2 Å². The molecule has 1 aromatic rings. The summed E-state index contributed by atoms with van der Waals surface area (Å²) in [4.78, 5) is 12.1. The SMILES string of the molecule is COCC(CNC(=O)c1cc(OC)ccc1Br)OC. The lowest BCUT2D eigenvalue weighted by Crippen LogP contribution is -2.35. The van der Waals surface area contributed by atoms with E-state index in [0.717, 1.165) is 0 Å². The molecular weight excluding hydrogens is 314 g/mol. The van der Waals surface area contributed by atoms with Crippen LogP contribution in [-0.2, 0) is 9.47 Å². The van der Waals surface area contributed by atoms with Crippen LogP contribution in [0.5, 0.6) is 5.75 Å². The molecule has 0 saturated heterocycles. The Morgan fingerprint density at radius 1 is 1.37 bits per heavy atom. The zero-order valence-electron chi connectivity index (χ0n) is 11.2. The summed E-state index contributed by atoms with van der Waals surface area (Å²) >= 11 is 3.34. The molecule has 1 rings (SSSR count). The van der Waals surface area contributed by atoms with Crippen LogP contribution in [0.3, 0.4) is 0 Å². The van der Waals surface area contributed by atoms with E-state index in [4.69, 9.17) is 14.2 Å². The minimum atomic E-state index is -0.191. The van der Waals surface area contributed by atoms with Crippen molar-refractivity contribution in [1.29, 1.82) is 0 Å². The third-order valence-corrected chi connectivity index (χ3v) is 3.29. The van der Waals surface area contributed by atoms with Crippen molar-refractivity contribution in [2.75, 3.05) is 34.5 Å². The summed E-state index contributed by atoms with van der Waals surface area (Å²) < 4.78 is 16.0. The van der Waals surface area contributed by atoms with E-state index < -0.39 is 0 Å². The molecule has 1 unspecified atom stereocenters. The predicted octanol–water partition coefficient (Wildman–Crippen LogP) is 1.85. The van der Waals surface area contributed by atoms with Crippen LogP contribution in [0.4, 0.5) is 0 Å². The van der Waals surface area contributed by atoms with Crippen LogP contribution in [-0.4, -0.2) is 46.5 Å². The van der Waals surface area contributed by atoms with Crippen LogP contribution in [0.15, 0.2) is 22.7 Å². The van der Waals surface area contributed by atoms with E-state index in [1.807, 2.05) is 0 Å². The van der Waals surface area contributed by atoms with Crippen molar-refractivity contribution < 1.29 is 19.0 Å². The summed E-state index contributed by atoms with van der Waals surface area (Å²) in [5, 5.41) is 2.80. The second-order valence-corrected chi connectivity index (χ2v) is 4.72. The number of carbonyl (C=O) groups is 1. The van der Waals surface area contributed by atoms with Gasteiger partial charge in [0, 0.05) is 25.2 Å². The number of methoxy groups -OCH3 is 3. The highest BCUT2D eigenvalue weighted by atomic mass is 79.9. The molecule has 0 heterocycles. The Morgan fingerprint density at radius 3 is 2.68 bits per heavy atom. The average molecular weight is 332 g/mol. The molecule has 5 nitrogen and oxygen atoms in total. The van der Waals surface area contributed by atoms with Crippen LogP contribution in [0, 0.1) is 0 Å². The van der Waals surface area contributed by atoms with Gasteiger partial charge in [-0.3, -0.25) is 4.79 Å². The van der Waals surface area contributed by atoms with Gasteiger partial charge in [-0.1, -0.05) is 0 Å². The first kappa shape index (κ1) is 15.9. The van der Waals surface area contributed by atoms with E-state index in [1.165, 1.54) is 0 Å². The molecule has 0 spiro atoms. The van der Waals surface area contributed by atoms with Crippen LogP contribution < -0.4 is 10.1 Å². The summed E-state index contributed by atoms with van der Waals surface area (Å²) in [5.74, 6) is 0.442. The normalized spacial score (nSPS) is 12.0. The van der Waals surface area contributed by atoms with Crippen LogP contribution >= 0.6 is 15.9 Å². The quantitative estimate of drug-likeness (QED) is 0.828. The van der Waals surface area contributed by atoms with E-state index in [-0.39, 0.29) is 12.0 Å². The zero-order valence-corrected chi connectivity index (χ0v) is 12.8. The molecule has 0 aromatic heterocycles. The van der Waals surface area contributed by atoms with Crippen molar-refractivity contribution >= 4 is 21.8 Å². The first-order valence-electron chi connectivity index (χ1n) is 5.75. The van der Waals surface area contributed by atoms with E-state index in [9.17, 15) is 4.79 Å². The van der Waals surface area contributed by atoms with Crippen molar-refractivity contribution in [1.82, 2.24) is 5.32 Å². The fraction of sp³-hybridized carbons (Fsp3) is 0.462. The van der Waals surface area contributed by atoms with Crippen LogP contribution in [0.25, 0.3) is 0 Å². The number of rotatable bonds is 7. The summed E-state index contributed by atoms with van der Waals surface area (Å²) in [6.45, 7) is 0.808. The third-order valence-electron chi connectivity index (χ3n) is 2.59. The van der Waals surface area contributed by atoms with Crippen molar-refractivity contribution in [2.24, 2.45) is 0 Å². The highest BCUT2D eigenvalue weighted by Crippen LogP contribution is 2.22. The molecule has 0 radical (unpaired) electrons. The Balaban J connectivity index is 2.67. The third kappa shape index (κ3) is 4.81. The largest absolute Gasteiger partial charge is 0.497 e. The summed E-state index contributed by atoms with van der Waals surface area (Å²) in [5.41, 5.74) is 0.520. The molecule has 0 aliphatic rings. The average Bonchev–Trinajstić information content (AvgIpc) is 2.43. The maximum absolute atomic E-state index is 12.1. The van der Waals surface area contributed by atoms with Gasteiger partial charge in [-0.2, -0.15) is 0 Å². The van der Waals surface area contributed by atoms with Gasteiger partial charge in [0.05, 0.1) is 25.4 Å². The molecular formula is C13H18BrNO4. The molecule has 1 aromatic carbocycles. The smallest absolute Gasteiger partial charge is 0.252 e. The highest BCUT2D eigenvalue weighted by molar-refractivity contribution is 9.10. The lowest BCUT2D eigenvalue weighted by Gasteiger charge is -2.15. The lowest BCUT2D eigenvalue weighted by atomic mass is 10.2. The van der Waals surface area contributed by atoms with Crippen molar-refractivity contribution in [2.45, 2.75) is 6.10 Å². The Labute approximate surface area is 121 Å². The molecule has 0 aliphatic heterocycles. The standard InChI is InChI=1S/C13H18BrNO4/c1-17-8-10(19-3)7-15-13(16)11-6-9(18-2)4-5-12(11)14/h4-6,10H,7-8H2,1-3H3,(H,15,16). The lowest BCUT2D eigenvalue weighted by molar-refractivity contribution is 0.0285. The van der Waals surface area contributed by atoms with Gasteiger partial charge in [0.2, 0.25) is 0 Å². The number of halogens is 1. The van der Waals surface area contributed by atoms with Gasteiger partial charge in [-0.05, 0) is 34.1 Å². The van der Waals surface area contributed by atoms with Gasteiger partial charge in [0.25, 0.3) is 5.91 Å². The number of carbonyl (C=O) groups excluding carboxylic acids is 1. The maximum atomic E-state index is 12.1. The molecule has 0 bridgehead atoms. The van der Waals surface area contributed by atoms with Gasteiger partial charge >= 0.3 is 0 Å². The highest BCUT2D eigenvalue weighted by Gasteiger charge is 2.14. The van der Waals surface area contributed by atoms with Gasteiger partial charge in [0.1, 0.15) is 5.75 Å². The molecule has 1 amide bonds. The van der Waals surface area contributed by atoms with Crippen molar-refractivity contribution in [3.63, 3.8) is 0 Å². The second kappa shape index (κ2) is 8.14. The molecule has 106 valence electrons.